The van der Waals surface area contributed by atoms with E-state index in [2.05, 4.69) is 4.98 Å². The highest BCUT2D eigenvalue weighted by Gasteiger charge is 2.14. The average Bonchev–Trinajstić information content (AvgIpc) is 3.00. The van der Waals surface area contributed by atoms with E-state index in [1.807, 2.05) is 50.2 Å². The van der Waals surface area contributed by atoms with Crippen LogP contribution in [0.25, 0.3) is 22.0 Å². The van der Waals surface area contributed by atoms with Crippen LogP contribution in [0.15, 0.2) is 57.7 Å². The van der Waals surface area contributed by atoms with E-state index in [-0.39, 0.29) is 12.6 Å². The lowest BCUT2D eigenvalue weighted by molar-refractivity contribution is 0.0498. The third kappa shape index (κ3) is 3.41. The zero-order chi connectivity index (χ0) is 19.7. The predicted octanol–water partition coefficient (Wildman–Crippen LogP) is 4.01. The molecular weight excluding hydrogens is 356 g/mol. The summed E-state index contributed by atoms with van der Waals surface area (Å²) in [5, 5.41) is 0.785. The van der Waals surface area contributed by atoms with Gasteiger partial charge >= 0.3 is 11.7 Å². The van der Waals surface area contributed by atoms with Gasteiger partial charge in [0.2, 0.25) is 0 Å². The molecule has 2 aromatic heterocycles. The molecule has 0 atom stereocenters. The van der Waals surface area contributed by atoms with Crippen molar-refractivity contribution in [1.29, 1.82) is 0 Å². The number of aryl methyl sites for hydroxylation is 3. The summed E-state index contributed by atoms with van der Waals surface area (Å²) in [6.07, 6.45) is 0.510. The fourth-order valence-electron chi connectivity index (χ4n) is 3.33. The Balaban J connectivity index is 1.46. The monoisotopic (exact) mass is 376 g/mol. The number of pyridine rings is 1. The lowest BCUT2D eigenvalue weighted by atomic mass is 10.1. The Morgan fingerprint density at radius 1 is 1.14 bits per heavy atom. The topological polar surface area (TPSA) is 74.3 Å². The molecule has 2 aromatic carbocycles. The highest BCUT2D eigenvalue weighted by molar-refractivity contribution is 6.03. The second-order valence-corrected chi connectivity index (χ2v) is 6.81. The first-order valence-electron chi connectivity index (χ1n) is 9.16. The zero-order valence-corrected chi connectivity index (χ0v) is 15.8. The highest BCUT2D eigenvalue weighted by Crippen LogP contribution is 2.21. The van der Waals surface area contributed by atoms with E-state index in [4.69, 9.17) is 9.15 Å². The second kappa shape index (κ2) is 7.31. The molecule has 0 fully saturated rings. The van der Waals surface area contributed by atoms with Gasteiger partial charge in [-0.3, -0.25) is 9.55 Å². The number of benzene rings is 2. The van der Waals surface area contributed by atoms with Crippen LogP contribution < -0.4 is 5.76 Å². The fourth-order valence-corrected chi connectivity index (χ4v) is 3.33. The molecule has 4 aromatic rings. The quantitative estimate of drug-likeness (QED) is 0.389. The number of para-hydroxylation sites is 2. The molecule has 0 saturated carbocycles. The summed E-state index contributed by atoms with van der Waals surface area (Å²) in [7, 11) is 0. The molecule has 0 bridgehead atoms. The van der Waals surface area contributed by atoms with Crippen molar-refractivity contribution in [2.45, 2.75) is 26.8 Å². The van der Waals surface area contributed by atoms with E-state index in [1.54, 1.807) is 16.7 Å². The maximum atomic E-state index is 12.6. The molecule has 0 N–H and O–H groups in total. The molecule has 6 nitrogen and oxygen atoms in total. The number of carbonyl (C=O) groups excluding carboxylic acids is 1. The minimum absolute atomic E-state index is 0.208. The van der Waals surface area contributed by atoms with Crippen LogP contribution in [0.5, 0.6) is 0 Å². The molecular formula is C22H20N2O4. The number of nitrogens with zero attached hydrogens (tertiary/aromatic N) is 2. The number of esters is 1. The van der Waals surface area contributed by atoms with Gasteiger partial charge in [0, 0.05) is 17.6 Å². The minimum Gasteiger partial charge on any atom is -0.462 e. The first-order valence-corrected chi connectivity index (χ1v) is 9.16. The first kappa shape index (κ1) is 18.0. The smallest absolute Gasteiger partial charge is 0.419 e. The maximum absolute atomic E-state index is 12.6. The Kier molecular flexibility index (Phi) is 4.69. The van der Waals surface area contributed by atoms with Gasteiger partial charge in [-0.1, -0.05) is 23.8 Å². The van der Waals surface area contributed by atoms with Gasteiger partial charge in [0.05, 0.1) is 23.2 Å². The molecule has 6 heteroatoms. The van der Waals surface area contributed by atoms with Crippen molar-refractivity contribution in [2.24, 2.45) is 0 Å². The van der Waals surface area contributed by atoms with Crippen LogP contribution in [0.1, 0.15) is 28.0 Å². The van der Waals surface area contributed by atoms with Crippen LogP contribution in [0.4, 0.5) is 0 Å². The van der Waals surface area contributed by atoms with E-state index in [0.29, 0.717) is 24.1 Å². The normalized spacial score (nSPS) is 11.2. The van der Waals surface area contributed by atoms with E-state index in [0.717, 1.165) is 27.7 Å². The van der Waals surface area contributed by atoms with E-state index in [9.17, 15) is 9.59 Å². The zero-order valence-electron chi connectivity index (χ0n) is 15.8. The van der Waals surface area contributed by atoms with Crippen molar-refractivity contribution in [3.05, 3.63) is 75.9 Å². The molecule has 0 amide bonds. The molecule has 142 valence electrons. The lowest BCUT2D eigenvalue weighted by Crippen LogP contribution is -2.16. The molecule has 0 spiro atoms. The summed E-state index contributed by atoms with van der Waals surface area (Å²) in [5.41, 5.74) is 4.40. The number of oxazole rings is 1. The van der Waals surface area contributed by atoms with Gasteiger partial charge in [-0.05, 0) is 50.6 Å². The van der Waals surface area contributed by atoms with Gasteiger partial charge < -0.3 is 9.15 Å². The van der Waals surface area contributed by atoms with E-state index < -0.39 is 5.76 Å². The Labute approximate surface area is 161 Å². The van der Waals surface area contributed by atoms with Crippen molar-refractivity contribution < 1.29 is 13.9 Å². The average molecular weight is 376 g/mol. The van der Waals surface area contributed by atoms with Gasteiger partial charge in [0.25, 0.3) is 0 Å². The fraction of sp³-hybridized carbons (Fsp3) is 0.227. The van der Waals surface area contributed by atoms with Crippen molar-refractivity contribution >= 4 is 28.0 Å². The molecule has 0 aliphatic heterocycles. The van der Waals surface area contributed by atoms with E-state index >= 15 is 0 Å². The van der Waals surface area contributed by atoms with Crippen LogP contribution in [-0.4, -0.2) is 22.1 Å². The molecule has 4 rings (SSSR count). The Morgan fingerprint density at radius 2 is 1.96 bits per heavy atom. The Hall–Kier alpha value is -3.41. The van der Waals surface area contributed by atoms with Crippen molar-refractivity contribution in [3.8, 4) is 0 Å². The predicted molar refractivity (Wildman–Crippen MR) is 107 cm³/mol. The second-order valence-electron chi connectivity index (χ2n) is 6.81. The van der Waals surface area contributed by atoms with Crippen molar-refractivity contribution in [2.75, 3.05) is 6.61 Å². The van der Waals surface area contributed by atoms with Crippen LogP contribution in [0.3, 0.4) is 0 Å². The van der Waals surface area contributed by atoms with Gasteiger partial charge in [-0.25, -0.2) is 9.59 Å². The summed E-state index contributed by atoms with van der Waals surface area (Å²) >= 11 is 0. The molecule has 28 heavy (non-hydrogen) atoms. The largest absolute Gasteiger partial charge is 0.462 e. The van der Waals surface area contributed by atoms with Crippen molar-refractivity contribution in [1.82, 2.24) is 9.55 Å². The summed E-state index contributed by atoms with van der Waals surface area (Å²) < 4.78 is 12.2. The van der Waals surface area contributed by atoms with Crippen molar-refractivity contribution in [3.63, 3.8) is 0 Å². The van der Waals surface area contributed by atoms with Crippen LogP contribution in [0.2, 0.25) is 0 Å². The molecule has 0 aliphatic rings. The third-order valence-corrected chi connectivity index (χ3v) is 4.65. The lowest BCUT2D eigenvalue weighted by Gasteiger charge is -2.09. The van der Waals surface area contributed by atoms with E-state index in [1.165, 1.54) is 0 Å². The summed E-state index contributed by atoms with van der Waals surface area (Å²) in [4.78, 5) is 29.1. The number of ether oxygens (including phenoxy) is 1. The Bertz CT molecular complexity index is 1240. The maximum Gasteiger partial charge on any atom is 0.419 e. The molecule has 0 radical (unpaired) electrons. The van der Waals surface area contributed by atoms with Gasteiger partial charge in [0.15, 0.2) is 5.58 Å². The molecule has 0 saturated heterocycles. The number of hydrogen-bond donors (Lipinski definition) is 0. The first-order chi connectivity index (χ1) is 13.5. The SMILES string of the molecule is Cc1ccc2nc(C)cc(C(=O)OCCCn3c(=O)oc4ccccc43)c2c1. The molecule has 0 unspecified atom stereocenters. The summed E-state index contributed by atoms with van der Waals surface area (Å²) in [6.45, 7) is 4.45. The standard InChI is InChI=1S/C22H20N2O4/c1-14-8-9-18-16(12-14)17(13-15(2)23-18)21(25)27-11-5-10-24-19-6-3-4-7-20(19)28-22(24)26/h3-4,6-9,12-13H,5,10-11H2,1-2H3. The summed E-state index contributed by atoms with van der Waals surface area (Å²) in [5.74, 6) is -0.788. The number of aromatic nitrogens is 2. The number of carbonyl (C=O) groups is 1. The molecule has 0 aliphatic carbocycles. The van der Waals surface area contributed by atoms with Gasteiger partial charge in [-0.15, -0.1) is 0 Å². The molecule has 2 heterocycles. The third-order valence-electron chi connectivity index (χ3n) is 4.65. The van der Waals surface area contributed by atoms with Crippen LogP contribution >= 0.6 is 0 Å². The van der Waals surface area contributed by atoms with Gasteiger partial charge in [-0.2, -0.15) is 0 Å². The number of hydrogen-bond acceptors (Lipinski definition) is 5. The number of rotatable bonds is 5. The Morgan fingerprint density at radius 3 is 2.82 bits per heavy atom. The number of fused-ring (bicyclic) bond motifs is 2. The van der Waals surface area contributed by atoms with Gasteiger partial charge in [0.1, 0.15) is 0 Å². The van der Waals surface area contributed by atoms with Crippen LogP contribution in [0, 0.1) is 13.8 Å². The minimum atomic E-state index is -0.404. The highest BCUT2D eigenvalue weighted by atomic mass is 16.5. The van der Waals surface area contributed by atoms with Crippen LogP contribution in [-0.2, 0) is 11.3 Å². The summed E-state index contributed by atoms with van der Waals surface area (Å²) in [6, 6.07) is 14.8.